The third-order valence-corrected chi connectivity index (χ3v) is 2.41. The van der Waals surface area contributed by atoms with Crippen LogP contribution in [-0.4, -0.2) is 7.11 Å². The topological polar surface area (TPSA) is 9.23 Å². The summed E-state index contributed by atoms with van der Waals surface area (Å²) in [5, 5.41) is 0.840. The van der Waals surface area contributed by atoms with Crippen LogP contribution in [0.5, 0.6) is 0 Å². The van der Waals surface area contributed by atoms with E-state index < -0.39 is 0 Å². The molecule has 0 spiro atoms. The van der Waals surface area contributed by atoms with Gasteiger partial charge in [0, 0.05) is 5.02 Å². The van der Waals surface area contributed by atoms with Gasteiger partial charge in [0.1, 0.15) is 5.76 Å². The maximum atomic E-state index is 5.71. The summed E-state index contributed by atoms with van der Waals surface area (Å²) in [5.41, 5.74) is 2.05. The lowest BCUT2D eigenvalue weighted by molar-refractivity contribution is 0.301. The van der Waals surface area contributed by atoms with Crippen LogP contribution in [0.1, 0.15) is 40.2 Å². The first-order valence-electron chi connectivity index (χ1n) is 7.26. The molecule has 1 nitrogen and oxygen atoms in total. The van der Waals surface area contributed by atoms with E-state index in [1.54, 1.807) is 19.3 Å². The largest absolute Gasteiger partial charge is 0.497 e. The number of rotatable bonds is 3. The fourth-order valence-electron chi connectivity index (χ4n) is 1.04. The van der Waals surface area contributed by atoms with Gasteiger partial charge < -0.3 is 4.74 Å². The van der Waals surface area contributed by atoms with Gasteiger partial charge in [0.2, 0.25) is 0 Å². The van der Waals surface area contributed by atoms with Gasteiger partial charge in [0.15, 0.2) is 0 Å². The number of hydrogen-bond acceptors (Lipinski definition) is 1. The first kappa shape index (κ1) is 24.5. The van der Waals surface area contributed by atoms with Crippen LogP contribution in [0.3, 0.4) is 0 Å². The summed E-state index contributed by atoms with van der Waals surface area (Å²) in [5.74, 6) is 0.782. The molecule has 0 saturated heterocycles. The number of methoxy groups -OCH3 is 1. The third-order valence-electron chi connectivity index (χ3n) is 1.99. The Kier molecular flexibility index (Phi) is 21.7. The first-order chi connectivity index (χ1) is 10.0. The maximum Gasteiger partial charge on any atom is 0.121 e. The van der Waals surface area contributed by atoms with E-state index in [1.807, 2.05) is 65.8 Å². The van der Waals surface area contributed by atoms with Crippen LogP contribution in [0.15, 0.2) is 60.9 Å². The number of aryl methyl sites for hydroxylation is 1. The first-order valence-corrected chi connectivity index (χ1v) is 7.64. The molecule has 0 aliphatic rings. The maximum absolute atomic E-state index is 5.71. The van der Waals surface area contributed by atoms with Gasteiger partial charge >= 0.3 is 0 Å². The monoisotopic (exact) mass is 310 g/mol. The Morgan fingerprint density at radius 1 is 1.14 bits per heavy atom. The van der Waals surface area contributed by atoms with E-state index in [0.717, 1.165) is 21.9 Å². The van der Waals surface area contributed by atoms with Crippen LogP contribution >= 0.6 is 11.6 Å². The molecule has 2 heteroatoms. The van der Waals surface area contributed by atoms with Crippen LogP contribution < -0.4 is 0 Å². The van der Waals surface area contributed by atoms with E-state index in [-0.39, 0.29) is 0 Å². The second-order valence-corrected chi connectivity index (χ2v) is 3.91. The summed E-state index contributed by atoms with van der Waals surface area (Å²) in [6.45, 7) is 19.1. The van der Waals surface area contributed by atoms with Crippen LogP contribution in [-0.2, 0) is 4.74 Å². The summed E-state index contributed by atoms with van der Waals surface area (Å²) in [7, 11) is 1.62. The molecule has 0 heterocycles. The molecule has 0 aliphatic heterocycles. The normalized spacial score (nSPS) is 8.67. The highest BCUT2D eigenvalue weighted by atomic mass is 35.5. The van der Waals surface area contributed by atoms with Crippen molar-refractivity contribution >= 4 is 11.6 Å². The van der Waals surface area contributed by atoms with E-state index in [2.05, 4.69) is 13.2 Å². The lowest BCUT2D eigenvalue weighted by atomic mass is 10.2. The van der Waals surface area contributed by atoms with E-state index in [1.165, 1.54) is 0 Å². The molecular weight excluding hydrogens is 280 g/mol. The summed E-state index contributed by atoms with van der Waals surface area (Å²) in [6, 6.07) is 7.77. The van der Waals surface area contributed by atoms with Crippen LogP contribution in [0.4, 0.5) is 0 Å². The SMILES string of the molecule is C=C/C=C(/OC)C(=C)C.CC.CC.Cc1ccccc1Cl. The van der Waals surface area contributed by atoms with Gasteiger partial charge in [-0.15, -0.1) is 0 Å². The molecule has 1 rings (SSSR count). The molecule has 0 radical (unpaired) electrons. The average Bonchev–Trinajstić information content (AvgIpc) is 2.52. The minimum Gasteiger partial charge on any atom is -0.497 e. The smallest absolute Gasteiger partial charge is 0.121 e. The molecular formula is C19H31ClO. The summed E-state index contributed by atoms with van der Waals surface area (Å²) in [6.07, 6.45) is 3.45. The minimum atomic E-state index is 0.782. The van der Waals surface area contributed by atoms with Gasteiger partial charge in [-0.1, -0.05) is 76.7 Å². The Bertz CT molecular complexity index is 385. The fourth-order valence-corrected chi connectivity index (χ4v) is 1.18. The van der Waals surface area contributed by atoms with Gasteiger partial charge in [-0.2, -0.15) is 0 Å². The highest BCUT2D eigenvalue weighted by molar-refractivity contribution is 6.31. The molecule has 0 fully saturated rings. The Morgan fingerprint density at radius 3 is 1.81 bits per heavy atom. The second kappa shape index (κ2) is 18.5. The number of halogens is 1. The van der Waals surface area contributed by atoms with Gasteiger partial charge in [0.25, 0.3) is 0 Å². The quantitative estimate of drug-likeness (QED) is 0.432. The van der Waals surface area contributed by atoms with Crippen molar-refractivity contribution in [2.24, 2.45) is 0 Å². The lowest BCUT2D eigenvalue weighted by Crippen LogP contribution is -1.85. The summed E-state index contributed by atoms with van der Waals surface area (Å²) >= 11 is 5.71. The van der Waals surface area contributed by atoms with E-state index in [9.17, 15) is 0 Å². The molecule has 0 N–H and O–H groups in total. The fraction of sp³-hybridized carbons (Fsp3) is 0.368. The van der Waals surface area contributed by atoms with Crippen molar-refractivity contribution in [2.45, 2.75) is 41.5 Å². The molecule has 0 aromatic heterocycles. The van der Waals surface area contributed by atoms with Crippen molar-refractivity contribution in [2.75, 3.05) is 7.11 Å². The number of benzene rings is 1. The molecule has 1 aromatic carbocycles. The zero-order valence-corrected chi connectivity index (χ0v) is 15.4. The van der Waals surface area contributed by atoms with Gasteiger partial charge in [-0.25, -0.2) is 0 Å². The van der Waals surface area contributed by atoms with Crippen molar-refractivity contribution in [1.82, 2.24) is 0 Å². The van der Waals surface area contributed by atoms with E-state index in [0.29, 0.717) is 0 Å². The molecule has 0 aliphatic carbocycles. The van der Waals surface area contributed by atoms with Crippen LogP contribution in [0.2, 0.25) is 5.02 Å². The van der Waals surface area contributed by atoms with Crippen molar-refractivity contribution < 1.29 is 4.74 Å². The number of ether oxygens (including phenoxy) is 1. The predicted molar refractivity (Wildman–Crippen MR) is 99.0 cm³/mol. The zero-order chi connectivity index (χ0) is 17.3. The predicted octanol–water partition coefficient (Wildman–Crippen LogP) is 6.98. The summed E-state index contributed by atoms with van der Waals surface area (Å²) in [4.78, 5) is 0. The van der Waals surface area contributed by atoms with Crippen LogP contribution in [0, 0.1) is 6.92 Å². The third kappa shape index (κ3) is 14.7. The highest BCUT2D eigenvalue weighted by Crippen LogP contribution is 2.11. The van der Waals surface area contributed by atoms with E-state index >= 15 is 0 Å². The highest BCUT2D eigenvalue weighted by Gasteiger charge is 1.91. The number of hydrogen-bond donors (Lipinski definition) is 0. The Hall–Kier alpha value is -1.47. The molecule has 0 bridgehead atoms. The lowest BCUT2D eigenvalue weighted by Gasteiger charge is -2.01. The Morgan fingerprint density at radius 2 is 1.62 bits per heavy atom. The van der Waals surface area contributed by atoms with Crippen LogP contribution in [0.25, 0.3) is 0 Å². The molecule has 1 aromatic rings. The molecule has 120 valence electrons. The number of allylic oxidation sites excluding steroid dienone is 3. The molecule has 0 amide bonds. The molecule has 21 heavy (non-hydrogen) atoms. The average molecular weight is 311 g/mol. The van der Waals surface area contributed by atoms with Gasteiger partial charge in [-0.05, 0) is 37.1 Å². The van der Waals surface area contributed by atoms with Crippen molar-refractivity contribution in [3.63, 3.8) is 0 Å². The van der Waals surface area contributed by atoms with Crippen molar-refractivity contribution in [3.8, 4) is 0 Å². The summed E-state index contributed by atoms with van der Waals surface area (Å²) < 4.78 is 4.94. The van der Waals surface area contributed by atoms with E-state index in [4.69, 9.17) is 16.3 Å². The molecule has 0 atom stereocenters. The van der Waals surface area contributed by atoms with Gasteiger partial charge in [-0.3, -0.25) is 0 Å². The zero-order valence-electron chi connectivity index (χ0n) is 14.7. The second-order valence-electron chi connectivity index (χ2n) is 3.50. The Labute approximate surface area is 137 Å². The van der Waals surface area contributed by atoms with Crippen molar-refractivity contribution in [1.29, 1.82) is 0 Å². The van der Waals surface area contributed by atoms with Gasteiger partial charge in [0.05, 0.1) is 7.11 Å². The minimum absolute atomic E-state index is 0.782. The Balaban J connectivity index is -0.000000250. The standard InChI is InChI=1S/C8H12O.C7H7Cl.2C2H6/c1-5-6-8(9-4)7(2)3;1-6-4-2-3-5-7(6)8;2*1-2/h5-6H,1-2H2,3-4H3;2-5H,1H3;2*1-2H3/b8-6+;;;. The molecule has 0 saturated carbocycles. The molecule has 0 unspecified atom stereocenters. The van der Waals surface area contributed by atoms with Crippen molar-refractivity contribution in [3.05, 3.63) is 71.5 Å².